The van der Waals surface area contributed by atoms with Crippen molar-refractivity contribution >= 4 is 108 Å². The Bertz CT molecular complexity index is 1310. The van der Waals surface area contributed by atoms with E-state index in [2.05, 4.69) is 22.6 Å². The number of phenols is 1. The third kappa shape index (κ3) is 3.27. The van der Waals surface area contributed by atoms with Gasteiger partial charge in [0.15, 0.2) is 11.3 Å². The van der Waals surface area contributed by atoms with Crippen molar-refractivity contribution in [3.8, 4) is 28.2 Å². The van der Waals surface area contributed by atoms with E-state index in [1.165, 1.54) is 0 Å². The van der Waals surface area contributed by atoms with E-state index < -0.39 is 0 Å². The zero-order valence-corrected chi connectivity index (χ0v) is 22.3. The fourth-order valence-electron chi connectivity index (χ4n) is 3.07. The van der Waals surface area contributed by atoms with Crippen LogP contribution in [0.25, 0.3) is 33.4 Å². The topological polar surface area (TPSA) is 67.5 Å². The van der Waals surface area contributed by atoms with Gasteiger partial charge in [-0.15, -0.1) is 0 Å². The van der Waals surface area contributed by atoms with E-state index in [9.17, 15) is 14.7 Å². The Kier molecular flexibility index (Phi) is 5.92. The second kappa shape index (κ2) is 7.98. The van der Waals surface area contributed by atoms with Gasteiger partial charge in [0, 0.05) is 22.1 Å². The average Bonchev–Trinajstić information content (AvgIpc) is 2.70. The maximum absolute atomic E-state index is 12.5. The molecule has 0 saturated heterocycles. The normalized spacial score (nSPS) is 11.3. The van der Waals surface area contributed by atoms with Gasteiger partial charge in [-0.2, -0.15) is 0 Å². The van der Waals surface area contributed by atoms with Crippen LogP contribution in [-0.4, -0.2) is 11.4 Å². The number of benzene rings is 3. The van der Waals surface area contributed by atoms with Crippen molar-refractivity contribution in [1.29, 1.82) is 0 Å². The van der Waals surface area contributed by atoms with Crippen LogP contribution in [0.15, 0.2) is 45.6 Å². The van der Waals surface area contributed by atoms with Crippen LogP contribution < -0.4 is 5.43 Å². The maximum Gasteiger partial charge on any atom is 0.234 e. The second-order valence-electron chi connectivity index (χ2n) is 5.90. The van der Waals surface area contributed by atoms with Crippen LogP contribution in [0.2, 0.25) is 0 Å². The fraction of sp³-hybridized carbons (Fsp3) is 0. The van der Waals surface area contributed by atoms with Gasteiger partial charge in [-0.1, -0.05) is 24.3 Å². The van der Waals surface area contributed by atoms with Crippen molar-refractivity contribution in [3.05, 3.63) is 66.5 Å². The van der Waals surface area contributed by atoms with E-state index in [1.807, 2.05) is 92.3 Å². The minimum absolute atomic E-state index is 0.109. The molecule has 28 heavy (non-hydrogen) atoms. The summed E-state index contributed by atoms with van der Waals surface area (Å²) in [4.78, 5) is 24.1. The SMILES string of the molecule is O=[C]c1ccccc1-c1c2cc(I)c(=O)c(I)c-2oc2c(I)c(O)c(I)cc12. The molecule has 0 amide bonds. The molecule has 1 aliphatic heterocycles. The van der Waals surface area contributed by atoms with Gasteiger partial charge in [-0.25, -0.2) is 0 Å². The Hall–Kier alpha value is -0.480. The Balaban J connectivity index is 2.35. The summed E-state index contributed by atoms with van der Waals surface area (Å²) in [6.07, 6.45) is 2.01. The number of hydrogen-bond donors (Lipinski definition) is 1. The van der Waals surface area contributed by atoms with Crippen LogP contribution in [0, 0.1) is 14.3 Å². The summed E-state index contributed by atoms with van der Waals surface area (Å²) in [6, 6.07) is 10.8. The fourth-order valence-corrected chi connectivity index (χ4v) is 6.65. The molecule has 139 valence electrons. The molecule has 0 unspecified atom stereocenters. The Morgan fingerprint density at radius 3 is 2.36 bits per heavy atom. The second-order valence-corrected chi connectivity index (χ2v) is 10.4. The van der Waals surface area contributed by atoms with Crippen molar-refractivity contribution in [2.75, 3.05) is 0 Å². The summed E-state index contributed by atoms with van der Waals surface area (Å²) in [6.45, 7) is 0. The minimum Gasteiger partial charge on any atom is -0.506 e. The first-order chi connectivity index (χ1) is 13.3. The van der Waals surface area contributed by atoms with Crippen LogP contribution in [0.1, 0.15) is 5.56 Å². The molecule has 4 rings (SSSR count). The van der Waals surface area contributed by atoms with Gasteiger partial charge in [0.25, 0.3) is 0 Å². The van der Waals surface area contributed by atoms with Gasteiger partial charge in [0.2, 0.25) is 11.7 Å². The summed E-state index contributed by atoms with van der Waals surface area (Å²) in [7, 11) is 0. The summed E-state index contributed by atoms with van der Waals surface area (Å²) in [5.41, 5.74) is 3.00. The molecule has 0 aromatic heterocycles. The zero-order valence-electron chi connectivity index (χ0n) is 13.6. The Morgan fingerprint density at radius 1 is 0.929 bits per heavy atom. The highest BCUT2D eigenvalue weighted by Crippen LogP contribution is 2.46. The van der Waals surface area contributed by atoms with Gasteiger partial charge >= 0.3 is 0 Å². The zero-order chi connectivity index (χ0) is 20.2. The number of halogens is 4. The van der Waals surface area contributed by atoms with E-state index in [-0.39, 0.29) is 11.2 Å². The Morgan fingerprint density at radius 2 is 1.64 bits per heavy atom. The molecule has 2 aromatic rings. The molecule has 2 aliphatic rings. The third-order valence-electron chi connectivity index (χ3n) is 4.33. The summed E-state index contributed by atoms with van der Waals surface area (Å²) >= 11 is 8.10. The molecule has 0 atom stereocenters. The van der Waals surface area contributed by atoms with E-state index in [1.54, 1.807) is 18.2 Å². The van der Waals surface area contributed by atoms with Crippen molar-refractivity contribution in [2.24, 2.45) is 0 Å². The van der Waals surface area contributed by atoms with Crippen LogP contribution in [0.4, 0.5) is 0 Å². The predicted molar refractivity (Wildman–Crippen MR) is 142 cm³/mol. The predicted octanol–water partition coefficient (Wildman–Crippen LogP) is 6.15. The molecule has 1 heterocycles. The standard InChI is InChI=1S/C20H7I4O4/c21-12-5-10-14(9-4-2-1-3-8(9)7-25)11-6-13(22)18(27)16(24)20(11)28-19(10)15(23)17(12)26/h1-6,26H. The van der Waals surface area contributed by atoms with Crippen molar-refractivity contribution in [2.45, 2.75) is 0 Å². The highest BCUT2D eigenvalue weighted by Gasteiger charge is 2.26. The average molecular weight is 819 g/mol. The molecule has 0 saturated carbocycles. The first-order valence-electron chi connectivity index (χ1n) is 7.78. The number of rotatable bonds is 2. The molecule has 1 aliphatic carbocycles. The van der Waals surface area contributed by atoms with Gasteiger partial charge in [0.05, 0.1) is 10.7 Å². The lowest BCUT2D eigenvalue weighted by molar-refractivity contribution is 0.466. The number of phenolic OH excluding ortho intramolecular Hbond substituents is 1. The number of fused-ring (bicyclic) bond motifs is 2. The smallest absolute Gasteiger partial charge is 0.234 e. The quantitative estimate of drug-likeness (QED) is 0.195. The molecule has 4 nitrogen and oxygen atoms in total. The van der Waals surface area contributed by atoms with Crippen LogP contribution >= 0.6 is 90.4 Å². The summed E-state index contributed by atoms with van der Waals surface area (Å²) in [5, 5.41) is 11.2. The lowest BCUT2D eigenvalue weighted by Gasteiger charge is -2.19. The highest BCUT2D eigenvalue weighted by atomic mass is 127. The third-order valence-corrected chi connectivity index (χ3v) is 7.93. The molecule has 1 radical (unpaired) electrons. The first kappa shape index (κ1) is 20.8. The van der Waals surface area contributed by atoms with Crippen LogP contribution in [0.3, 0.4) is 0 Å². The van der Waals surface area contributed by atoms with E-state index in [4.69, 9.17) is 4.42 Å². The van der Waals surface area contributed by atoms with Gasteiger partial charge in [-0.05, 0) is 108 Å². The first-order valence-corrected chi connectivity index (χ1v) is 12.1. The largest absolute Gasteiger partial charge is 0.506 e. The summed E-state index contributed by atoms with van der Waals surface area (Å²) < 4.78 is 8.39. The van der Waals surface area contributed by atoms with E-state index >= 15 is 0 Å². The van der Waals surface area contributed by atoms with Crippen LogP contribution in [-0.2, 0) is 4.79 Å². The Labute approximate surface area is 214 Å². The monoisotopic (exact) mass is 819 g/mol. The van der Waals surface area contributed by atoms with E-state index in [0.717, 1.165) is 16.5 Å². The van der Waals surface area contributed by atoms with Crippen molar-refractivity contribution in [3.63, 3.8) is 0 Å². The lowest BCUT2D eigenvalue weighted by Crippen LogP contribution is -2.12. The molecule has 0 bridgehead atoms. The van der Waals surface area contributed by atoms with Crippen molar-refractivity contribution < 1.29 is 14.3 Å². The van der Waals surface area contributed by atoms with Crippen LogP contribution in [0.5, 0.6) is 5.75 Å². The van der Waals surface area contributed by atoms with E-state index in [0.29, 0.717) is 36.8 Å². The number of aromatic hydroxyl groups is 1. The number of hydrogen-bond acceptors (Lipinski definition) is 4. The molecule has 0 spiro atoms. The summed E-state index contributed by atoms with van der Waals surface area (Å²) in [5.74, 6) is 0.564. The lowest BCUT2D eigenvalue weighted by atomic mass is 9.91. The molecule has 2 aromatic carbocycles. The van der Waals surface area contributed by atoms with Gasteiger partial charge < -0.3 is 9.52 Å². The molecular weight excluding hydrogens is 812 g/mol. The highest BCUT2D eigenvalue weighted by molar-refractivity contribution is 14.1. The van der Waals surface area contributed by atoms with Gasteiger partial charge in [-0.3, -0.25) is 9.59 Å². The molecular formula is C20H7I4O4. The van der Waals surface area contributed by atoms with Gasteiger partial charge in [0.1, 0.15) is 9.32 Å². The molecule has 8 heteroatoms. The van der Waals surface area contributed by atoms with Crippen molar-refractivity contribution in [1.82, 2.24) is 0 Å². The molecule has 0 fully saturated rings. The maximum atomic E-state index is 12.5. The number of carbonyl (C=O) groups excluding carboxylic acids is 1. The minimum atomic E-state index is -0.109. The molecule has 1 N–H and O–H groups in total.